The van der Waals surface area contributed by atoms with Crippen LogP contribution in [0.15, 0.2) is 24.3 Å². The number of hydrogen-bond acceptors (Lipinski definition) is 2. The van der Waals surface area contributed by atoms with E-state index in [1.165, 1.54) is 6.07 Å². The summed E-state index contributed by atoms with van der Waals surface area (Å²) in [5.74, 6) is 0.441. The molecule has 0 heterocycles. The van der Waals surface area contributed by atoms with E-state index in [-0.39, 0.29) is 10.6 Å². The lowest BCUT2D eigenvalue weighted by atomic mass is 10.1. The Morgan fingerprint density at radius 2 is 2.29 bits per heavy atom. The van der Waals surface area contributed by atoms with E-state index in [9.17, 15) is 10.1 Å². The van der Waals surface area contributed by atoms with Crippen LogP contribution in [0.2, 0.25) is 0 Å². The zero-order valence-corrected chi connectivity index (χ0v) is 8.49. The molecule has 0 spiro atoms. The van der Waals surface area contributed by atoms with Gasteiger partial charge in [0.05, 0.1) is 4.92 Å². The van der Waals surface area contributed by atoms with E-state index >= 15 is 0 Å². The molecule has 0 amide bonds. The van der Waals surface area contributed by atoms with Crippen molar-refractivity contribution in [3.8, 4) is 0 Å². The van der Waals surface area contributed by atoms with Crippen LogP contribution in [-0.4, -0.2) is 10.8 Å². The van der Waals surface area contributed by atoms with Crippen LogP contribution in [0.3, 0.4) is 0 Å². The Labute approximate surface area is 87.2 Å². The predicted molar refractivity (Wildman–Crippen MR) is 57.6 cm³/mol. The highest BCUT2D eigenvalue weighted by atomic mass is 35.5. The van der Waals surface area contributed by atoms with Crippen LogP contribution in [0.25, 0.3) is 6.08 Å². The smallest absolute Gasteiger partial charge is 0.258 e. The lowest BCUT2D eigenvalue weighted by molar-refractivity contribution is -0.385. The molecule has 0 saturated heterocycles. The van der Waals surface area contributed by atoms with Gasteiger partial charge in [0.2, 0.25) is 0 Å². The van der Waals surface area contributed by atoms with Crippen LogP contribution in [0.5, 0.6) is 0 Å². The first kappa shape index (κ1) is 10.7. The molecule has 0 atom stereocenters. The third kappa shape index (κ3) is 2.57. The highest BCUT2D eigenvalue weighted by molar-refractivity contribution is 6.19. The fraction of sp³-hybridized carbons (Fsp3) is 0.200. The molecule has 0 unspecified atom stereocenters. The summed E-state index contributed by atoms with van der Waals surface area (Å²) in [5.41, 5.74) is 1.73. The molecule has 4 heteroatoms. The quantitative estimate of drug-likeness (QED) is 0.438. The standard InChI is InChI=1S/C10H10ClNO2/c1-8-7-9(3-2-6-11)4-5-10(8)12(13)14/h2-5,7H,6H2,1H3. The van der Waals surface area contributed by atoms with Crippen LogP contribution < -0.4 is 0 Å². The van der Waals surface area contributed by atoms with Crippen molar-refractivity contribution in [2.45, 2.75) is 6.92 Å². The normalized spacial score (nSPS) is 10.7. The maximum absolute atomic E-state index is 10.5. The van der Waals surface area contributed by atoms with Gasteiger partial charge in [-0.25, -0.2) is 0 Å². The second kappa shape index (κ2) is 4.77. The average Bonchev–Trinajstić information content (AvgIpc) is 2.14. The summed E-state index contributed by atoms with van der Waals surface area (Å²) >= 11 is 5.48. The van der Waals surface area contributed by atoms with E-state index in [4.69, 9.17) is 11.6 Å². The van der Waals surface area contributed by atoms with Gasteiger partial charge in [-0.05, 0) is 24.6 Å². The number of nitro benzene ring substituents is 1. The van der Waals surface area contributed by atoms with Gasteiger partial charge in [-0.2, -0.15) is 0 Å². The van der Waals surface area contributed by atoms with Crippen molar-refractivity contribution in [1.82, 2.24) is 0 Å². The van der Waals surface area contributed by atoms with Crippen molar-refractivity contribution in [2.75, 3.05) is 5.88 Å². The molecule has 14 heavy (non-hydrogen) atoms. The van der Waals surface area contributed by atoms with Crippen LogP contribution >= 0.6 is 11.6 Å². The number of nitro groups is 1. The molecule has 0 radical (unpaired) electrons. The molecule has 1 aromatic rings. The van der Waals surface area contributed by atoms with Gasteiger partial charge in [-0.1, -0.05) is 12.2 Å². The molecule has 0 fully saturated rings. The van der Waals surface area contributed by atoms with Crippen LogP contribution in [0, 0.1) is 17.0 Å². The van der Waals surface area contributed by atoms with Gasteiger partial charge in [-0.15, -0.1) is 11.6 Å². The molecule has 1 rings (SSSR count). The number of nitrogens with zero attached hydrogens (tertiary/aromatic N) is 1. The summed E-state index contributed by atoms with van der Waals surface area (Å²) in [6.07, 6.45) is 3.63. The van der Waals surface area contributed by atoms with E-state index in [1.807, 2.05) is 6.08 Å². The van der Waals surface area contributed by atoms with Crippen molar-refractivity contribution < 1.29 is 4.92 Å². The van der Waals surface area contributed by atoms with Crippen molar-refractivity contribution >= 4 is 23.4 Å². The Bertz CT molecular complexity index is 374. The molecule has 0 aliphatic carbocycles. The second-order valence-corrected chi connectivity index (χ2v) is 3.17. The first-order valence-electron chi connectivity index (χ1n) is 4.12. The molecule has 0 aromatic heterocycles. The fourth-order valence-corrected chi connectivity index (χ4v) is 1.26. The lowest BCUT2D eigenvalue weighted by Gasteiger charge is -1.98. The highest BCUT2D eigenvalue weighted by Gasteiger charge is 2.08. The van der Waals surface area contributed by atoms with Crippen molar-refractivity contribution in [1.29, 1.82) is 0 Å². The second-order valence-electron chi connectivity index (χ2n) is 2.86. The van der Waals surface area contributed by atoms with E-state index in [2.05, 4.69) is 0 Å². The van der Waals surface area contributed by atoms with Gasteiger partial charge in [0.25, 0.3) is 5.69 Å². The zero-order valence-electron chi connectivity index (χ0n) is 7.74. The summed E-state index contributed by atoms with van der Waals surface area (Å²) in [6.45, 7) is 1.72. The Kier molecular flexibility index (Phi) is 3.65. The average molecular weight is 212 g/mol. The molecule has 1 aromatic carbocycles. The largest absolute Gasteiger partial charge is 0.272 e. The van der Waals surface area contributed by atoms with Gasteiger partial charge in [-0.3, -0.25) is 10.1 Å². The molecular formula is C10H10ClNO2. The summed E-state index contributed by atoms with van der Waals surface area (Å²) in [4.78, 5) is 10.1. The molecule has 0 aliphatic rings. The summed E-state index contributed by atoms with van der Waals surface area (Å²) < 4.78 is 0. The Balaban J connectivity index is 3.00. The van der Waals surface area contributed by atoms with E-state index in [0.29, 0.717) is 11.4 Å². The monoisotopic (exact) mass is 211 g/mol. The molecule has 0 N–H and O–H groups in total. The fourth-order valence-electron chi connectivity index (χ4n) is 1.17. The van der Waals surface area contributed by atoms with Gasteiger partial charge < -0.3 is 0 Å². The number of benzene rings is 1. The minimum Gasteiger partial charge on any atom is -0.258 e. The van der Waals surface area contributed by atoms with Crippen LogP contribution in [0.4, 0.5) is 5.69 Å². The molecule has 0 saturated carbocycles. The number of rotatable bonds is 3. The van der Waals surface area contributed by atoms with Crippen molar-refractivity contribution in [2.24, 2.45) is 0 Å². The minimum atomic E-state index is -0.385. The van der Waals surface area contributed by atoms with Gasteiger partial charge in [0.1, 0.15) is 0 Å². The zero-order chi connectivity index (χ0) is 10.6. The Hall–Kier alpha value is -1.35. The molecular weight excluding hydrogens is 202 g/mol. The maximum Gasteiger partial charge on any atom is 0.272 e. The lowest BCUT2D eigenvalue weighted by Crippen LogP contribution is -1.91. The first-order valence-corrected chi connectivity index (χ1v) is 4.66. The maximum atomic E-state index is 10.5. The Morgan fingerprint density at radius 3 is 2.79 bits per heavy atom. The molecule has 0 aliphatic heterocycles. The third-order valence-corrected chi connectivity index (χ3v) is 2.00. The molecule has 74 valence electrons. The van der Waals surface area contributed by atoms with E-state index in [1.54, 1.807) is 25.1 Å². The first-order chi connectivity index (χ1) is 6.65. The highest BCUT2D eigenvalue weighted by Crippen LogP contribution is 2.19. The number of allylic oxidation sites excluding steroid dienone is 1. The van der Waals surface area contributed by atoms with E-state index in [0.717, 1.165) is 5.56 Å². The van der Waals surface area contributed by atoms with Crippen molar-refractivity contribution in [3.05, 3.63) is 45.5 Å². The SMILES string of the molecule is Cc1cc(C=CCCl)ccc1[N+](=O)[O-]. The topological polar surface area (TPSA) is 43.1 Å². The summed E-state index contributed by atoms with van der Waals surface area (Å²) in [5, 5.41) is 10.5. The molecule has 3 nitrogen and oxygen atoms in total. The van der Waals surface area contributed by atoms with Gasteiger partial charge in [0.15, 0.2) is 0 Å². The molecule has 0 bridgehead atoms. The van der Waals surface area contributed by atoms with Gasteiger partial charge in [0, 0.05) is 17.5 Å². The third-order valence-electron chi connectivity index (χ3n) is 1.82. The number of hydrogen-bond donors (Lipinski definition) is 0. The van der Waals surface area contributed by atoms with Crippen molar-refractivity contribution in [3.63, 3.8) is 0 Å². The van der Waals surface area contributed by atoms with Gasteiger partial charge >= 0.3 is 0 Å². The summed E-state index contributed by atoms with van der Waals surface area (Å²) in [6, 6.07) is 4.97. The number of alkyl halides is 1. The van der Waals surface area contributed by atoms with Crippen LogP contribution in [-0.2, 0) is 0 Å². The van der Waals surface area contributed by atoms with E-state index < -0.39 is 0 Å². The predicted octanol–water partition coefficient (Wildman–Crippen LogP) is 3.16. The Morgan fingerprint density at radius 1 is 1.57 bits per heavy atom. The minimum absolute atomic E-state index is 0.146. The number of halogens is 1. The number of aryl methyl sites for hydroxylation is 1. The summed E-state index contributed by atoms with van der Waals surface area (Å²) in [7, 11) is 0. The van der Waals surface area contributed by atoms with Crippen LogP contribution in [0.1, 0.15) is 11.1 Å².